The molecule has 0 radical (unpaired) electrons. The Morgan fingerprint density at radius 1 is 1.13 bits per heavy atom. The summed E-state index contributed by atoms with van der Waals surface area (Å²) in [5.74, 6) is 3.41. The minimum Gasteiger partial charge on any atom is -0.393 e. The SMILES string of the molecule is C=C(C)[C@H](/C=C\[C@@H](C)[C@H]1CC[C@H]2C3=CC=C4C[C@@H](O)CC[C@]4(C)[C@H]3CC[C@]12C)CC. The summed E-state index contributed by atoms with van der Waals surface area (Å²) in [6, 6.07) is 0. The summed E-state index contributed by atoms with van der Waals surface area (Å²) in [5, 5.41) is 10.2. The van der Waals surface area contributed by atoms with E-state index in [4.69, 9.17) is 0 Å². The van der Waals surface area contributed by atoms with E-state index < -0.39 is 0 Å². The predicted molar refractivity (Wildman–Crippen MR) is 128 cm³/mol. The summed E-state index contributed by atoms with van der Waals surface area (Å²) in [4.78, 5) is 0. The van der Waals surface area contributed by atoms with E-state index in [1.54, 1.807) is 5.57 Å². The number of aliphatic hydroxyl groups excluding tert-OH is 1. The summed E-state index contributed by atoms with van der Waals surface area (Å²) >= 11 is 0. The molecule has 0 saturated heterocycles. The standard InChI is InChI=1S/C29H44O/c1-7-21(19(2)3)9-8-20(4)25-12-13-26-24-11-10-22-18-23(30)14-16-28(22,5)27(24)15-17-29(25,26)6/h8-11,20-21,23,25-27,30H,2,7,12-18H2,1,3-6H3/b9-8-/t20-,21+,23+,25-,26+,27+,28+,29-/m1/s1. The Morgan fingerprint density at radius 3 is 2.60 bits per heavy atom. The number of allylic oxidation sites excluding steroid dienone is 6. The van der Waals surface area contributed by atoms with Crippen LogP contribution in [0.1, 0.15) is 86.0 Å². The van der Waals surface area contributed by atoms with Crippen LogP contribution in [-0.4, -0.2) is 11.2 Å². The second-order valence-corrected chi connectivity index (χ2v) is 11.6. The maximum atomic E-state index is 10.2. The third-order valence-corrected chi connectivity index (χ3v) is 9.97. The molecule has 8 atom stereocenters. The summed E-state index contributed by atoms with van der Waals surface area (Å²) in [6.45, 7) is 16.2. The molecule has 0 amide bonds. The Labute approximate surface area is 185 Å². The first-order chi connectivity index (χ1) is 14.2. The van der Waals surface area contributed by atoms with Gasteiger partial charge in [0.2, 0.25) is 0 Å². The molecule has 0 spiro atoms. The van der Waals surface area contributed by atoms with Crippen molar-refractivity contribution in [3.05, 3.63) is 47.6 Å². The van der Waals surface area contributed by atoms with Gasteiger partial charge >= 0.3 is 0 Å². The molecular formula is C29H44O. The number of aliphatic hydroxyl groups is 1. The zero-order chi connectivity index (χ0) is 21.7. The minimum absolute atomic E-state index is 0.122. The number of hydrogen-bond donors (Lipinski definition) is 1. The summed E-state index contributed by atoms with van der Waals surface area (Å²) < 4.78 is 0. The van der Waals surface area contributed by atoms with Gasteiger partial charge in [-0.3, -0.25) is 0 Å². The van der Waals surface area contributed by atoms with E-state index >= 15 is 0 Å². The van der Waals surface area contributed by atoms with Crippen molar-refractivity contribution in [2.24, 2.45) is 40.4 Å². The normalized spacial score (nSPS) is 42.6. The van der Waals surface area contributed by atoms with Gasteiger partial charge in [0.15, 0.2) is 0 Å². The second-order valence-electron chi connectivity index (χ2n) is 11.6. The topological polar surface area (TPSA) is 20.2 Å². The Hall–Kier alpha value is -1.08. The van der Waals surface area contributed by atoms with Gasteiger partial charge in [0.25, 0.3) is 0 Å². The van der Waals surface area contributed by atoms with Crippen LogP contribution in [0.2, 0.25) is 0 Å². The van der Waals surface area contributed by atoms with Crippen LogP contribution >= 0.6 is 0 Å². The van der Waals surface area contributed by atoms with Gasteiger partial charge in [-0.15, -0.1) is 0 Å². The van der Waals surface area contributed by atoms with Crippen molar-refractivity contribution in [2.45, 2.75) is 92.1 Å². The van der Waals surface area contributed by atoms with Gasteiger partial charge in [-0.25, -0.2) is 0 Å². The Morgan fingerprint density at radius 2 is 1.90 bits per heavy atom. The number of fused-ring (bicyclic) bond motifs is 5. The lowest BCUT2D eigenvalue weighted by Crippen LogP contribution is -2.46. The molecule has 1 nitrogen and oxygen atoms in total. The average Bonchev–Trinajstić information content (AvgIpc) is 3.06. The van der Waals surface area contributed by atoms with Crippen molar-refractivity contribution in [2.75, 3.05) is 0 Å². The first kappa shape index (κ1) is 22.1. The van der Waals surface area contributed by atoms with Crippen LogP contribution in [-0.2, 0) is 0 Å². The Balaban J connectivity index is 1.56. The van der Waals surface area contributed by atoms with Gasteiger partial charge in [-0.2, -0.15) is 0 Å². The molecule has 0 unspecified atom stereocenters. The van der Waals surface area contributed by atoms with Gasteiger partial charge in [0, 0.05) is 0 Å². The van der Waals surface area contributed by atoms with Crippen molar-refractivity contribution in [3.63, 3.8) is 0 Å². The molecule has 0 aromatic heterocycles. The smallest absolute Gasteiger partial charge is 0.0578 e. The zero-order valence-electron chi connectivity index (χ0n) is 20.1. The first-order valence-corrected chi connectivity index (χ1v) is 12.6. The van der Waals surface area contributed by atoms with E-state index in [2.05, 4.69) is 65.5 Å². The van der Waals surface area contributed by atoms with E-state index in [1.807, 2.05) is 0 Å². The molecule has 1 heteroatoms. The lowest BCUT2D eigenvalue weighted by Gasteiger charge is -2.55. The lowest BCUT2D eigenvalue weighted by molar-refractivity contribution is 0.0383. The molecule has 4 rings (SSSR count). The molecule has 3 saturated carbocycles. The fourth-order valence-electron chi connectivity index (χ4n) is 7.98. The molecule has 166 valence electrons. The minimum atomic E-state index is -0.122. The molecule has 30 heavy (non-hydrogen) atoms. The third kappa shape index (κ3) is 3.50. The number of rotatable bonds is 5. The van der Waals surface area contributed by atoms with Gasteiger partial charge in [-0.05, 0) is 98.7 Å². The predicted octanol–water partition coefficient (Wildman–Crippen LogP) is 7.64. The Bertz CT molecular complexity index is 769. The zero-order valence-corrected chi connectivity index (χ0v) is 20.1. The van der Waals surface area contributed by atoms with E-state index in [0.29, 0.717) is 28.6 Å². The molecule has 0 heterocycles. The third-order valence-electron chi connectivity index (χ3n) is 9.97. The van der Waals surface area contributed by atoms with Crippen molar-refractivity contribution >= 4 is 0 Å². The van der Waals surface area contributed by atoms with Crippen molar-refractivity contribution in [3.8, 4) is 0 Å². The molecule has 0 aromatic rings. The molecule has 3 fully saturated rings. The van der Waals surface area contributed by atoms with E-state index in [9.17, 15) is 5.11 Å². The second kappa shape index (κ2) is 8.12. The molecule has 4 aliphatic rings. The maximum Gasteiger partial charge on any atom is 0.0578 e. The van der Waals surface area contributed by atoms with Crippen LogP contribution in [0.25, 0.3) is 0 Å². The average molecular weight is 409 g/mol. The highest BCUT2D eigenvalue weighted by Gasteiger charge is 2.56. The van der Waals surface area contributed by atoms with Crippen molar-refractivity contribution in [1.29, 1.82) is 0 Å². The quantitative estimate of drug-likeness (QED) is 0.463. The van der Waals surface area contributed by atoms with Gasteiger partial charge in [-0.1, -0.05) is 75.3 Å². The molecule has 0 aromatic carbocycles. The van der Waals surface area contributed by atoms with Gasteiger partial charge < -0.3 is 5.11 Å². The van der Waals surface area contributed by atoms with Crippen LogP contribution < -0.4 is 0 Å². The van der Waals surface area contributed by atoms with Gasteiger partial charge in [0.05, 0.1) is 6.10 Å². The summed E-state index contributed by atoms with van der Waals surface area (Å²) in [7, 11) is 0. The summed E-state index contributed by atoms with van der Waals surface area (Å²) in [5.41, 5.74) is 5.31. The van der Waals surface area contributed by atoms with Crippen LogP contribution in [0.15, 0.2) is 47.6 Å². The molecule has 4 aliphatic carbocycles. The highest BCUT2D eigenvalue weighted by molar-refractivity contribution is 5.39. The van der Waals surface area contributed by atoms with Crippen molar-refractivity contribution in [1.82, 2.24) is 0 Å². The molecule has 1 N–H and O–H groups in total. The van der Waals surface area contributed by atoms with Gasteiger partial charge in [0.1, 0.15) is 0 Å². The highest BCUT2D eigenvalue weighted by atomic mass is 16.3. The van der Waals surface area contributed by atoms with E-state index in [1.165, 1.54) is 36.8 Å². The van der Waals surface area contributed by atoms with Crippen LogP contribution in [0.3, 0.4) is 0 Å². The molecular weight excluding hydrogens is 364 g/mol. The summed E-state index contributed by atoms with van der Waals surface area (Å²) in [6.07, 6.45) is 19.4. The monoisotopic (exact) mass is 408 g/mol. The molecule has 0 bridgehead atoms. The Kier molecular flexibility index (Phi) is 5.99. The lowest BCUT2D eigenvalue weighted by atomic mass is 9.50. The molecule has 0 aliphatic heterocycles. The first-order valence-electron chi connectivity index (χ1n) is 12.6. The van der Waals surface area contributed by atoms with Crippen molar-refractivity contribution < 1.29 is 5.11 Å². The number of hydrogen-bond acceptors (Lipinski definition) is 1. The maximum absolute atomic E-state index is 10.2. The van der Waals surface area contributed by atoms with Crippen LogP contribution in [0.5, 0.6) is 0 Å². The van der Waals surface area contributed by atoms with E-state index in [0.717, 1.165) is 37.5 Å². The fraction of sp³-hybridized carbons (Fsp3) is 0.724. The fourth-order valence-corrected chi connectivity index (χ4v) is 7.98. The van der Waals surface area contributed by atoms with Crippen LogP contribution in [0, 0.1) is 40.4 Å². The van der Waals surface area contributed by atoms with Crippen LogP contribution in [0.4, 0.5) is 0 Å². The largest absolute Gasteiger partial charge is 0.393 e. The van der Waals surface area contributed by atoms with E-state index in [-0.39, 0.29) is 6.10 Å². The highest BCUT2D eigenvalue weighted by Crippen LogP contribution is 2.65.